The molecule has 9 nitrogen and oxygen atoms in total. The minimum Gasteiger partial charge on any atom is -0.495 e. The van der Waals surface area contributed by atoms with Crippen LogP contribution in [0.1, 0.15) is 26.2 Å². The highest BCUT2D eigenvalue weighted by Gasteiger charge is 2.35. The number of carbonyl (C=O) groups is 2. The minimum atomic E-state index is -0.923. The van der Waals surface area contributed by atoms with Crippen LogP contribution in [0.25, 0.3) is 0 Å². The molecule has 1 unspecified atom stereocenters. The number of amides is 1. The Morgan fingerprint density at radius 1 is 1.48 bits per heavy atom. The number of benzene rings is 1. The number of nitro groups is 1. The Kier molecular flexibility index (Phi) is 5.92. The number of nitro benzene ring substituents is 1. The molecular weight excluding hydrogens is 330 g/mol. The molecule has 1 aliphatic carbocycles. The van der Waals surface area contributed by atoms with E-state index in [-0.39, 0.29) is 29.7 Å². The number of nitrogens with one attached hydrogen (secondary N) is 1. The number of non-ortho nitro benzene ring substituents is 1. The third-order valence-corrected chi connectivity index (χ3v) is 4.14. The molecule has 0 aliphatic heterocycles. The first-order chi connectivity index (χ1) is 11.8. The van der Waals surface area contributed by atoms with Crippen LogP contribution in [0.15, 0.2) is 18.2 Å². The van der Waals surface area contributed by atoms with Gasteiger partial charge in [0.1, 0.15) is 11.8 Å². The summed E-state index contributed by atoms with van der Waals surface area (Å²) in [6.07, 6.45) is 1.94. The zero-order valence-corrected chi connectivity index (χ0v) is 14.1. The molecule has 2 rings (SSSR count). The number of carbonyl (C=O) groups excluding carboxylic acids is 1. The SMILES string of the molecule is COc1ccc([N+](=O)[O-])cc1NC(=O)CCN(C1CC1)C(C)C(=O)O. The summed E-state index contributed by atoms with van der Waals surface area (Å²) in [4.78, 5) is 35.5. The van der Waals surface area contributed by atoms with Crippen LogP contribution in [-0.2, 0) is 9.59 Å². The molecule has 1 fully saturated rings. The number of carboxylic acid groups (broad SMARTS) is 1. The van der Waals surface area contributed by atoms with E-state index in [2.05, 4.69) is 5.32 Å². The van der Waals surface area contributed by atoms with Gasteiger partial charge in [-0.1, -0.05) is 0 Å². The number of ether oxygens (including phenoxy) is 1. The van der Waals surface area contributed by atoms with Gasteiger partial charge in [-0.05, 0) is 25.8 Å². The van der Waals surface area contributed by atoms with Gasteiger partial charge in [0.25, 0.3) is 5.69 Å². The summed E-state index contributed by atoms with van der Waals surface area (Å²) in [5, 5.41) is 22.6. The van der Waals surface area contributed by atoms with Crippen molar-refractivity contribution >= 4 is 23.3 Å². The molecule has 2 N–H and O–H groups in total. The van der Waals surface area contributed by atoms with Crippen LogP contribution in [0.3, 0.4) is 0 Å². The Hall–Kier alpha value is -2.68. The molecule has 0 saturated heterocycles. The lowest BCUT2D eigenvalue weighted by Gasteiger charge is -2.25. The standard InChI is InChI=1S/C16H21N3O6/c1-10(16(21)22)18(11-3-4-11)8-7-15(20)17-13-9-12(19(23)24)5-6-14(13)25-2/h5-6,9-11H,3-4,7-8H2,1-2H3,(H,17,20)(H,21,22). The predicted molar refractivity (Wildman–Crippen MR) is 89.7 cm³/mol. The number of anilines is 1. The number of aliphatic carboxylic acids is 1. The molecule has 1 amide bonds. The lowest BCUT2D eigenvalue weighted by molar-refractivity contribution is -0.384. The van der Waals surface area contributed by atoms with Crippen LogP contribution in [0.2, 0.25) is 0 Å². The zero-order valence-electron chi connectivity index (χ0n) is 14.1. The molecule has 1 aromatic rings. The number of hydrogen-bond acceptors (Lipinski definition) is 6. The first kappa shape index (κ1) is 18.7. The van der Waals surface area contributed by atoms with E-state index in [1.165, 1.54) is 25.3 Å². The minimum absolute atomic E-state index is 0.0833. The zero-order chi connectivity index (χ0) is 18.6. The highest BCUT2D eigenvalue weighted by molar-refractivity contribution is 5.92. The van der Waals surface area contributed by atoms with Gasteiger partial charge in [0.15, 0.2) is 0 Å². The van der Waals surface area contributed by atoms with Crippen molar-refractivity contribution in [1.82, 2.24) is 4.90 Å². The molecule has 0 spiro atoms. The summed E-state index contributed by atoms with van der Waals surface area (Å²) in [5.74, 6) is -0.966. The van der Waals surface area contributed by atoms with E-state index in [1.807, 2.05) is 0 Å². The third kappa shape index (κ3) is 4.90. The number of nitrogens with zero attached hydrogens (tertiary/aromatic N) is 2. The summed E-state index contributed by atoms with van der Waals surface area (Å²) in [7, 11) is 1.40. The number of rotatable bonds is 9. The Morgan fingerprint density at radius 3 is 2.68 bits per heavy atom. The fourth-order valence-electron chi connectivity index (χ4n) is 2.59. The molecule has 1 aliphatic rings. The molecule has 136 valence electrons. The smallest absolute Gasteiger partial charge is 0.320 e. The van der Waals surface area contributed by atoms with E-state index in [9.17, 15) is 19.7 Å². The van der Waals surface area contributed by atoms with Crippen LogP contribution >= 0.6 is 0 Å². The van der Waals surface area contributed by atoms with Crippen LogP contribution in [0.4, 0.5) is 11.4 Å². The van der Waals surface area contributed by atoms with Gasteiger partial charge in [-0.3, -0.25) is 24.6 Å². The summed E-state index contributed by atoms with van der Waals surface area (Å²) in [5.41, 5.74) is 0.0566. The Morgan fingerprint density at radius 2 is 2.16 bits per heavy atom. The summed E-state index contributed by atoms with van der Waals surface area (Å²) < 4.78 is 5.10. The van der Waals surface area contributed by atoms with Gasteiger partial charge in [0, 0.05) is 31.1 Å². The second-order valence-electron chi connectivity index (χ2n) is 5.92. The van der Waals surface area contributed by atoms with Gasteiger partial charge < -0.3 is 15.2 Å². The quantitative estimate of drug-likeness (QED) is 0.514. The van der Waals surface area contributed by atoms with Gasteiger partial charge in [0.05, 0.1) is 17.7 Å². The van der Waals surface area contributed by atoms with Crippen molar-refractivity contribution in [3.8, 4) is 5.75 Å². The van der Waals surface area contributed by atoms with Gasteiger partial charge >= 0.3 is 5.97 Å². The van der Waals surface area contributed by atoms with Crippen molar-refractivity contribution in [3.05, 3.63) is 28.3 Å². The van der Waals surface area contributed by atoms with E-state index in [0.717, 1.165) is 12.8 Å². The average Bonchev–Trinajstić information content (AvgIpc) is 3.39. The molecular formula is C16H21N3O6. The molecule has 9 heteroatoms. The largest absolute Gasteiger partial charge is 0.495 e. The molecule has 25 heavy (non-hydrogen) atoms. The average molecular weight is 351 g/mol. The second-order valence-corrected chi connectivity index (χ2v) is 5.92. The second kappa shape index (κ2) is 7.93. The molecule has 1 atom stereocenters. The number of methoxy groups -OCH3 is 1. The van der Waals surface area contributed by atoms with Crippen molar-refractivity contribution in [2.45, 2.75) is 38.3 Å². The maximum absolute atomic E-state index is 12.2. The Labute approximate surface area is 144 Å². The van der Waals surface area contributed by atoms with Crippen LogP contribution in [-0.4, -0.2) is 52.5 Å². The highest BCUT2D eigenvalue weighted by atomic mass is 16.6. The van der Waals surface area contributed by atoms with Crippen molar-refractivity contribution in [2.24, 2.45) is 0 Å². The molecule has 0 heterocycles. The third-order valence-electron chi connectivity index (χ3n) is 4.14. The number of hydrogen-bond donors (Lipinski definition) is 2. The Balaban J connectivity index is 2.00. The van der Waals surface area contributed by atoms with Gasteiger partial charge in [-0.25, -0.2) is 0 Å². The van der Waals surface area contributed by atoms with E-state index in [0.29, 0.717) is 12.3 Å². The van der Waals surface area contributed by atoms with E-state index in [1.54, 1.807) is 11.8 Å². The van der Waals surface area contributed by atoms with Gasteiger partial charge in [-0.2, -0.15) is 0 Å². The summed E-state index contributed by atoms with van der Waals surface area (Å²) >= 11 is 0. The fraction of sp³-hybridized carbons (Fsp3) is 0.500. The molecule has 0 bridgehead atoms. The van der Waals surface area contributed by atoms with Gasteiger partial charge in [-0.15, -0.1) is 0 Å². The molecule has 1 saturated carbocycles. The van der Waals surface area contributed by atoms with Crippen LogP contribution < -0.4 is 10.1 Å². The fourth-order valence-corrected chi connectivity index (χ4v) is 2.59. The van der Waals surface area contributed by atoms with E-state index >= 15 is 0 Å². The monoisotopic (exact) mass is 351 g/mol. The van der Waals surface area contributed by atoms with Crippen molar-refractivity contribution in [3.63, 3.8) is 0 Å². The normalized spacial score (nSPS) is 14.8. The first-order valence-electron chi connectivity index (χ1n) is 7.94. The predicted octanol–water partition coefficient (Wildman–Crippen LogP) is 1.87. The molecule has 0 radical (unpaired) electrons. The molecule has 1 aromatic carbocycles. The maximum Gasteiger partial charge on any atom is 0.320 e. The lowest BCUT2D eigenvalue weighted by atomic mass is 10.2. The summed E-state index contributed by atoms with van der Waals surface area (Å²) in [6.45, 7) is 1.91. The van der Waals surface area contributed by atoms with Crippen molar-refractivity contribution in [2.75, 3.05) is 19.0 Å². The highest BCUT2D eigenvalue weighted by Crippen LogP contribution is 2.30. The van der Waals surface area contributed by atoms with Gasteiger partial charge in [0.2, 0.25) is 5.91 Å². The molecule has 0 aromatic heterocycles. The van der Waals surface area contributed by atoms with Crippen LogP contribution in [0.5, 0.6) is 5.75 Å². The number of carboxylic acids is 1. The lowest BCUT2D eigenvalue weighted by Crippen LogP contribution is -2.42. The van der Waals surface area contributed by atoms with Crippen molar-refractivity contribution in [1.29, 1.82) is 0 Å². The van der Waals surface area contributed by atoms with Crippen molar-refractivity contribution < 1.29 is 24.4 Å². The maximum atomic E-state index is 12.2. The van der Waals surface area contributed by atoms with E-state index in [4.69, 9.17) is 9.84 Å². The topological polar surface area (TPSA) is 122 Å². The Bertz CT molecular complexity index is 674. The first-order valence-corrected chi connectivity index (χ1v) is 7.94. The summed E-state index contributed by atoms with van der Waals surface area (Å²) in [6, 6.07) is 3.48. The van der Waals surface area contributed by atoms with Crippen LogP contribution in [0, 0.1) is 10.1 Å². The van der Waals surface area contributed by atoms with E-state index < -0.39 is 16.9 Å².